The van der Waals surface area contributed by atoms with E-state index in [0.717, 1.165) is 31.2 Å². The molecule has 1 amide bonds. The van der Waals surface area contributed by atoms with E-state index in [2.05, 4.69) is 10.0 Å². The number of sulfonamides is 1. The number of amides is 1. The Kier molecular flexibility index (Phi) is 6.83. The minimum atomic E-state index is -3.89. The van der Waals surface area contributed by atoms with Gasteiger partial charge < -0.3 is 14.8 Å². The summed E-state index contributed by atoms with van der Waals surface area (Å²) in [5, 5.41) is 3.28. The first-order chi connectivity index (χ1) is 15.9. The molecule has 0 unspecified atom stereocenters. The van der Waals surface area contributed by atoms with E-state index in [1.165, 1.54) is 46.0 Å². The smallest absolute Gasteiger partial charge is 0.265 e. The molecule has 0 heterocycles. The lowest BCUT2D eigenvalue weighted by molar-refractivity contribution is -0.124. The summed E-state index contributed by atoms with van der Waals surface area (Å²) in [4.78, 5) is 13.1. The van der Waals surface area contributed by atoms with E-state index in [1.54, 1.807) is 24.3 Å². The maximum absolute atomic E-state index is 13.1. The van der Waals surface area contributed by atoms with Gasteiger partial charge in [0.15, 0.2) is 0 Å². The first-order valence-electron chi connectivity index (χ1n) is 11.5. The van der Waals surface area contributed by atoms with Gasteiger partial charge in [-0.1, -0.05) is 37.8 Å². The summed E-state index contributed by atoms with van der Waals surface area (Å²) < 4.78 is 39.0. The summed E-state index contributed by atoms with van der Waals surface area (Å²) in [5.41, 5.74) is 0.860. The lowest BCUT2D eigenvalue weighted by atomic mass is 9.94. The van der Waals surface area contributed by atoms with Crippen LogP contribution in [0.25, 0.3) is 0 Å². The average molecular weight is 473 g/mol. The second-order valence-electron chi connectivity index (χ2n) is 8.94. The zero-order chi connectivity index (χ0) is 23.5. The molecule has 0 aliphatic heterocycles. The molecule has 0 atom stereocenters. The van der Waals surface area contributed by atoms with Crippen molar-refractivity contribution in [2.75, 3.05) is 18.9 Å². The van der Waals surface area contributed by atoms with Gasteiger partial charge in [0.2, 0.25) is 5.91 Å². The van der Waals surface area contributed by atoms with E-state index in [-0.39, 0.29) is 22.6 Å². The van der Waals surface area contributed by atoms with Crippen molar-refractivity contribution in [2.45, 2.75) is 67.7 Å². The van der Waals surface area contributed by atoms with Crippen molar-refractivity contribution >= 4 is 21.6 Å². The molecule has 2 N–H and O–H groups in total. The van der Waals surface area contributed by atoms with Crippen LogP contribution < -0.4 is 19.5 Å². The van der Waals surface area contributed by atoms with Gasteiger partial charge in [0.25, 0.3) is 10.0 Å². The van der Waals surface area contributed by atoms with Crippen LogP contribution in [0.15, 0.2) is 47.4 Å². The van der Waals surface area contributed by atoms with Crippen LogP contribution >= 0.6 is 0 Å². The predicted molar refractivity (Wildman–Crippen MR) is 127 cm³/mol. The summed E-state index contributed by atoms with van der Waals surface area (Å²) in [7, 11) is -0.997. The highest BCUT2D eigenvalue weighted by Gasteiger charge is 2.51. The summed E-state index contributed by atoms with van der Waals surface area (Å²) in [5.74, 6) is 0.748. The highest BCUT2D eigenvalue weighted by atomic mass is 32.2. The summed E-state index contributed by atoms with van der Waals surface area (Å²) in [6.07, 6.45) is 8.57. The van der Waals surface area contributed by atoms with E-state index < -0.39 is 15.4 Å². The number of carbonyl (C=O) groups is 1. The highest BCUT2D eigenvalue weighted by Crippen LogP contribution is 2.49. The number of hydrogen-bond acceptors (Lipinski definition) is 5. The van der Waals surface area contributed by atoms with Crippen molar-refractivity contribution in [3.63, 3.8) is 0 Å². The van der Waals surface area contributed by atoms with Gasteiger partial charge in [0, 0.05) is 17.8 Å². The fraction of sp³-hybridized carbons (Fsp3) is 0.480. The van der Waals surface area contributed by atoms with Crippen molar-refractivity contribution in [3.05, 3.63) is 48.0 Å². The van der Waals surface area contributed by atoms with Crippen molar-refractivity contribution in [3.8, 4) is 11.5 Å². The van der Waals surface area contributed by atoms with Crippen molar-refractivity contribution in [1.29, 1.82) is 0 Å². The van der Waals surface area contributed by atoms with Gasteiger partial charge in [-0.15, -0.1) is 0 Å². The molecule has 0 bridgehead atoms. The molecule has 2 fully saturated rings. The van der Waals surface area contributed by atoms with Gasteiger partial charge >= 0.3 is 0 Å². The second-order valence-corrected chi connectivity index (χ2v) is 10.6. The molecule has 0 spiro atoms. The molecule has 4 rings (SSSR count). The van der Waals surface area contributed by atoms with E-state index in [1.807, 2.05) is 12.1 Å². The third kappa shape index (κ3) is 5.11. The lowest BCUT2D eigenvalue weighted by Crippen LogP contribution is -2.41. The maximum Gasteiger partial charge on any atom is 0.265 e. The molecule has 0 radical (unpaired) electrons. The van der Waals surface area contributed by atoms with Crippen molar-refractivity contribution in [2.24, 2.45) is 0 Å². The Morgan fingerprint density at radius 3 is 2.18 bits per heavy atom. The molecule has 2 aliphatic carbocycles. The minimum Gasteiger partial charge on any atom is -0.497 e. The topological polar surface area (TPSA) is 93.7 Å². The van der Waals surface area contributed by atoms with Crippen LogP contribution in [0.1, 0.15) is 56.9 Å². The molecule has 2 aromatic rings. The van der Waals surface area contributed by atoms with Crippen molar-refractivity contribution < 1.29 is 22.7 Å². The van der Waals surface area contributed by atoms with Crippen molar-refractivity contribution in [1.82, 2.24) is 5.32 Å². The highest BCUT2D eigenvalue weighted by molar-refractivity contribution is 7.92. The van der Waals surface area contributed by atoms with Crippen LogP contribution in [-0.4, -0.2) is 34.6 Å². The monoisotopic (exact) mass is 472 g/mol. The molecule has 33 heavy (non-hydrogen) atoms. The van der Waals surface area contributed by atoms with Crippen LogP contribution in [0.4, 0.5) is 5.69 Å². The molecule has 2 saturated carbocycles. The van der Waals surface area contributed by atoms with Gasteiger partial charge in [-0.05, 0) is 55.5 Å². The SMILES string of the molecule is COc1ccc(OC)c(S(=O)(=O)Nc2ccc(C3(C(=O)NC4CCCCCC4)CC3)cc2)c1. The average Bonchev–Trinajstić information content (AvgIpc) is 3.65. The number of anilines is 1. The molecule has 8 heteroatoms. The summed E-state index contributed by atoms with van der Waals surface area (Å²) in [6.45, 7) is 0. The second kappa shape index (κ2) is 9.63. The molecular weight excluding hydrogens is 440 g/mol. The Morgan fingerprint density at radius 1 is 0.939 bits per heavy atom. The number of benzene rings is 2. The molecule has 2 aromatic carbocycles. The standard InChI is InChI=1S/C25H32N2O5S/c1-31-21-13-14-22(32-2)23(17-21)33(29,30)27-20-11-9-18(10-12-20)25(15-16-25)24(28)26-19-7-5-3-4-6-8-19/h9-14,17,19,27H,3-8,15-16H2,1-2H3,(H,26,28). The quantitative estimate of drug-likeness (QED) is 0.556. The Bertz CT molecular complexity index is 1090. The first kappa shape index (κ1) is 23.4. The Morgan fingerprint density at radius 2 is 1.61 bits per heavy atom. The number of nitrogens with one attached hydrogen (secondary N) is 2. The van der Waals surface area contributed by atoms with E-state index in [9.17, 15) is 13.2 Å². The fourth-order valence-corrected chi connectivity index (χ4v) is 5.82. The zero-order valence-corrected chi connectivity index (χ0v) is 20.0. The summed E-state index contributed by atoms with van der Waals surface area (Å²) in [6, 6.07) is 12.0. The van der Waals surface area contributed by atoms with Gasteiger partial charge in [-0.3, -0.25) is 9.52 Å². The number of rotatable bonds is 8. The molecule has 7 nitrogen and oxygen atoms in total. The molecule has 0 saturated heterocycles. The van der Waals surface area contributed by atoms with Gasteiger partial charge in [0.05, 0.1) is 19.6 Å². The van der Waals surface area contributed by atoms with Crippen LogP contribution in [0.2, 0.25) is 0 Å². The fourth-order valence-electron chi connectivity index (χ4n) is 4.58. The number of hydrogen-bond donors (Lipinski definition) is 2. The molecular formula is C25H32N2O5S. The number of methoxy groups -OCH3 is 2. The Balaban J connectivity index is 1.48. The molecule has 0 aromatic heterocycles. The van der Waals surface area contributed by atoms with E-state index >= 15 is 0 Å². The molecule has 178 valence electrons. The van der Waals surface area contributed by atoms with E-state index in [0.29, 0.717) is 11.4 Å². The maximum atomic E-state index is 13.1. The number of carbonyl (C=O) groups excluding carboxylic acids is 1. The first-order valence-corrected chi connectivity index (χ1v) is 13.0. The predicted octanol–water partition coefficient (Wildman–Crippen LogP) is 4.38. The zero-order valence-electron chi connectivity index (χ0n) is 19.2. The minimum absolute atomic E-state index is 0.00475. The largest absolute Gasteiger partial charge is 0.497 e. The number of ether oxygens (including phenoxy) is 2. The van der Waals surface area contributed by atoms with Gasteiger partial charge in [-0.2, -0.15) is 0 Å². The van der Waals surface area contributed by atoms with Gasteiger partial charge in [-0.25, -0.2) is 8.42 Å². The lowest BCUT2D eigenvalue weighted by Gasteiger charge is -2.22. The third-order valence-electron chi connectivity index (χ3n) is 6.73. The van der Waals surface area contributed by atoms with Gasteiger partial charge in [0.1, 0.15) is 16.4 Å². The molecule has 2 aliphatic rings. The van der Waals surface area contributed by atoms with Crippen LogP contribution in [0.5, 0.6) is 11.5 Å². The third-order valence-corrected chi connectivity index (χ3v) is 8.13. The Labute approximate surface area is 195 Å². The normalized spacial score (nSPS) is 18.1. The van der Waals surface area contributed by atoms with Crippen LogP contribution in [0.3, 0.4) is 0 Å². The van der Waals surface area contributed by atoms with Crippen LogP contribution in [0, 0.1) is 0 Å². The van der Waals surface area contributed by atoms with E-state index in [4.69, 9.17) is 9.47 Å². The summed E-state index contributed by atoms with van der Waals surface area (Å²) >= 11 is 0. The van der Waals surface area contributed by atoms with Crippen LogP contribution in [-0.2, 0) is 20.2 Å². The Hall–Kier alpha value is -2.74.